The molecule has 0 aliphatic carbocycles. The van der Waals surface area contributed by atoms with E-state index in [0.29, 0.717) is 27.7 Å². The molecule has 8 heteroatoms. The Morgan fingerprint density at radius 1 is 1.00 bits per heavy atom. The van der Waals surface area contributed by atoms with Crippen LogP contribution in [-0.4, -0.2) is 27.5 Å². The van der Waals surface area contributed by atoms with Crippen LogP contribution in [0.4, 0.5) is 11.4 Å². The normalized spacial score (nSPS) is 11.3. The molecule has 31 heavy (non-hydrogen) atoms. The van der Waals surface area contributed by atoms with E-state index in [9.17, 15) is 13.2 Å². The predicted molar refractivity (Wildman–Crippen MR) is 124 cm³/mol. The molecule has 162 valence electrons. The van der Waals surface area contributed by atoms with E-state index in [4.69, 9.17) is 16.3 Å². The fourth-order valence-corrected chi connectivity index (χ4v) is 4.17. The molecule has 0 fully saturated rings. The van der Waals surface area contributed by atoms with Crippen LogP contribution in [0.25, 0.3) is 0 Å². The van der Waals surface area contributed by atoms with Crippen LogP contribution in [0, 0.1) is 0 Å². The Balaban J connectivity index is 1.73. The van der Waals surface area contributed by atoms with Crippen molar-refractivity contribution in [2.75, 3.05) is 16.7 Å². The summed E-state index contributed by atoms with van der Waals surface area (Å²) >= 11 is 5.84. The molecule has 0 heterocycles. The number of halogens is 1. The molecule has 0 aliphatic heterocycles. The maximum atomic E-state index is 12.8. The van der Waals surface area contributed by atoms with Crippen LogP contribution < -0.4 is 14.4 Å². The number of ether oxygens (including phenoxy) is 1. The Kier molecular flexibility index (Phi) is 6.87. The fraction of sp³-hybridized carbons (Fsp3) is 0.174. The molecule has 1 N–H and O–H groups in total. The largest absolute Gasteiger partial charge is 0.491 e. The minimum Gasteiger partial charge on any atom is -0.491 e. The summed E-state index contributed by atoms with van der Waals surface area (Å²) in [6.45, 7) is 3.86. The van der Waals surface area contributed by atoms with Gasteiger partial charge < -0.3 is 10.1 Å². The maximum absolute atomic E-state index is 12.8. The lowest BCUT2D eigenvalue weighted by atomic mass is 10.2. The van der Waals surface area contributed by atoms with Crippen molar-refractivity contribution in [1.29, 1.82) is 0 Å². The first-order valence-corrected chi connectivity index (χ1v) is 11.4. The van der Waals surface area contributed by atoms with Crippen LogP contribution in [0.5, 0.6) is 5.75 Å². The molecule has 0 radical (unpaired) electrons. The molecule has 6 nitrogen and oxygen atoms in total. The molecule has 0 aliphatic rings. The van der Waals surface area contributed by atoms with Gasteiger partial charge in [-0.05, 0) is 74.5 Å². The Bertz CT molecular complexity index is 1160. The van der Waals surface area contributed by atoms with E-state index in [1.165, 1.54) is 31.3 Å². The van der Waals surface area contributed by atoms with Crippen LogP contribution >= 0.6 is 11.6 Å². The summed E-state index contributed by atoms with van der Waals surface area (Å²) in [6, 6.07) is 19.4. The number of amides is 1. The second kappa shape index (κ2) is 9.41. The summed E-state index contributed by atoms with van der Waals surface area (Å²) in [6.07, 6.45) is 0.0274. The van der Waals surface area contributed by atoms with E-state index in [0.717, 1.165) is 4.31 Å². The van der Waals surface area contributed by atoms with Crippen molar-refractivity contribution in [3.05, 3.63) is 83.4 Å². The lowest BCUT2D eigenvalue weighted by Crippen LogP contribution is -2.26. The van der Waals surface area contributed by atoms with E-state index in [-0.39, 0.29) is 16.9 Å². The highest BCUT2D eigenvalue weighted by molar-refractivity contribution is 7.92. The van der Waals surface area contributed by atoms with Gasteiger partial charge in [-0.2, -0.15) is 0 Å². The first-order valence-electron chi connectivity index (χ1n) is 9.59. The van der Waals surface area contributed by atoms with Crippen molar-refractivity contribution in [2.45, 2.75) is 24.8 Å². The van der Waals surface area contributed by atoms with E-state index in [1.54, 1.807) is 42.5 Å². The number of nitrogens with zero attached hydrogens (tertiary/aromatic N) is 1. The number of benzene rings is 3. The lowest BCUT2D eigenvalue weighted by molar-refractivity contribution is 0.102. The zero-order valence-corrected chi connectivity index (χ0v) is 18.9. The third-order valence-electron chi connectivity index (χ3n) is 4.43. The van der Waals surface area contributed by atoms with Crippen LogP contribution in [0.3, 0.4) is 0 Å². The summed E-state index contributed by atoms with van der Waals surface area (Å²) in [7, 11) is -2.29. The number of carbonyl (C=O) groups excluding carboxylic acids is 1. The van der Waals surface area contributed by atoms with Crippen molar-refractivity contribution in [3.8, 4) is 5.75 Å². The minimum atomic E-state index is -3.75. The average Bonchev–Trinajstić information content (AvgIpc) is 2.73. The number of carbonyl (C=O) groups is 1. The SMILES string of the molecule is CC(C)Oc1cccc(NC(=O)c2ccc(N(C)S(=O)(=O)c3ccc(Cl)cc3)cc2)c1. The first-order chi connectivity index (χ1) is 14.7. The van der Waals surface area contributed by atoms with Gasteiger partial charge in [0.1, 0.15) is 5.75 Å². The van der Waals surface area contributed by atoms with Gasteiger partial charge in [0, 0.05) is 29.4 Å². The van der Waals surface area contributed by atoms with Gasteiger partial charge in [0.2, 0.25) is 0 Å². The Labute approximate surface area is 187 Å². The molecule has 3 aromatic rings. The van der Waals surface area contributed by atoms with Gasteiger partial charge in [0.05, 0.1) is 16.7 Å². The molecule has 0 saturated carbocycles. The fourth-order valence-electron chi connectivity index (χ4n) is 2.85. The Morgan fingerprint density at radius 2 is 1.65 bits per heavy atom. The zero-order chi connectivity index (χ0) is 22.6. The Hall–Kier alpha value is -3.03. The summed E-state index contributed by atoms with van der Waals surface area (Å²) in [4.78, 5) is 12.7. The topological polar surface area (TPSA) is 75.7 Å². The molecule has 3 aromatic carbocycles. The molecule has 0 atom stereocenters. The molecule has 0 saturated heterocycles. The third kappa shape index (κ3) is 5.57. The number of hydrogen-bond donors (Lipinski definition) is 1. The number of sulfonamides is 1. The second-order valence-electron chi connectivity index (χ2n) is 7.12. The highest BCUT2D eigenvalue weighted by Gasteiger charge is 2.21. The zero-order valence-electron chi connectivity index (χ0n) is 17.4. The monoisotopic (exact) mass is 458 g/mol. The van der Waals surface area contributed by atoms with E-state index >= 15 is 0 Å². The van der Waals surface area contributed by atoms with E-state index < -0.39 is 10.0 Å². The maximum Gasteiger partial charge on any atom is 0.264 e. The smallest absolute Gasteiger partial charge is 0.264 e. The molecular formula is C23H23ClN2O4S. The van der Waals surface area contributed by atoms with Crippen LogP contribution in [0.15, 0.2) is 77.7 Å². The van der Waals surface area contributed by atoms with Crippen LogP contribution in [-0.2, 0) is 10.0 Å². The summed E-state index contributed by atoms with van der Waals surface area (Å²) in [5.41, 5.74) is 1.43. The first kappa shape index (κ1) is 22.7. The highest BCUT2D eigenvalue weighted by atomic mass is 35.5. The van der Waals surface area contributed by atoms with Gasteiger partial charge in [-0.1, -0.05) is 17.7 Å². The highest BCUT2D eigenvalue weighted by Crippen LogP contribution is 2.24. The third-order valence-corrected chi connectivity index (χ3v) is 6.48. The number of rotatable bonds is 7. The Morgan fingerprint density at radius 3 is 2.26 bits per heavy atom. The standard InChI is InChI=1S/C23H23ClN2O4S/c1-16(2)30-21-6-4-5-19(15-21)25-23(27)17-7-11-20(12-8-17)26(3)31(28,29)22-13-9-18(24)10-14-22/h4-16H,1-3H3,(H,25,27). The van der Waals surface area contributed by atoms with Crippen LogP contribution in [0.2, 0.25) is 5.02 Å². The molecule has 1 amide bonds. The lowest BCUT2D eigenvalue weighted by Gasteiger charge is -2.20. The van der Waals surface area contributed by atoms with Gasteiger partial charge in [0.15, 0.2) is 0 Å². The molecule has 3 rings (SSSR count). The van der Waals surface area contributed by atoms with Gasteiger partial charge >= 0.3 is 0 Å². The summed E-state index contributed by atoms with van der Waals surface area (Å²) < 4.78 is 32.4. The minimum absolute atomic E-state index is 0.0274. The van der Waals surface area contributed by atoms with Crippen molar-refractivity contribution >= 4 is 38.9 Å². The quantitative estimate of drug-likeness (QED) is 0.527. The van der Waals surface area contributed by atoms with Crippen molar-refractivity contribution in [2.24, 2.45) is 0 Å². The molecule has 0 bridgehead atoms. The molecule has 0 aromatic heterocycles. The number of anilines is 2. The summed E-state index contributed by atoms with van der Waals surface area (Å²) in [5.74, 6) is 0.355. The van der Waals surface area contributed by atoms with Crippen LogP contribution in [0.1, 0.15) is 24.2 Å². The van der Waals surface area contributed by atoms with E-state index in [1.807, 2.05) is 19.9 Å². The molecular weight excluding hydrogens is 436 g/mol. The molecule has 0 unspecified atom stereocenters. The number of hydrogen-bond acceptors (Lipinski definition) is 4. The average molecular weight is 459 g/mol. The molecule has 0 spiro atoms. The van der Waals surface area contributed by atoms with Crippen molar-refractivity contribution in [3.63, 3.8) is 0 Å². The van der Waals surface area contributed by atoms with Gasteiger partial charge in [-0.15, -0.1) is 0 Å². The summed E-state index contributed by atoms with van der Waals surface area (Å²) in [5, 5.41) is 3.28. The predicted octanol–water partition coefficient (Wildman–Crippen LogP) is 5.20. The van der Waals surface area contributed by atoms with Gasteiger partial charge in [0.25, 0.3) is 15.9 Å². The van der Waals surface area contributed by atoms with Crippen molar-refractivity contribution < 1.29 is 17.9 Å². The second-order valence-corrected chi connectivity index (χ2v) is 9.53. The van der Waals surface area contributed by atoms with Gasteiger partial charge in [-0.25, -0.2) is 8.42 Å². The van der Waals surface area contributed by atoms with Gasteiger partial charge in [-0.3, -0.25) is 9.10 Å². The van der Waals surface area contributed by atoms with Crippen molar-refractivity contribution in [1.82, 2.24) is 0 Å². The number of nitrogens with one attached hydrogen (secondary N) is 1. The van der Waals surface area contributed by atoms with E-state index in [2.05, 4.69) is 5.32 Å².